The van der Waals surface area contributed by atoms with E-state index < -0.39 is 0 Å². The molecule has 1 aliphatic carbocycles. The summed E-state index contributed by atoms with van der Waals surface area (Å²) in [7, 11) is 0. The number of hydrogen-bond acceptors (Lipinski definition) is 3. The summed E-state index contributed by atoms with van der Waals surface area (Å²) in [5.74, 6) is 0.832. The predicted octanol–water partition coefficient (Wildman–Crippen LogP) is 2.73. The molecule has 2 heterocycles. The molecule has 2 aliphatic rings. The highest BCUT2D eigenvalue weighted by atomic mass is 16.5. The normalized spacial score (nSPS) is 26.5. The van der Waals surface area contributed by atoms with Gasteiger partial charge in [0.25, 0.3) is 0 Å². The summed E-state index contributed by atoms with van der Waals surface area (Å²) in [6.07, 6.45) is 11.6. The van der Waals surface area contributed by atoms with E-state index in [-0.39, 0.29) is 17.9 Å². The van der Waals surface area contributed by atoms with E-state index in [2.05, 4.69) is 10.3 Å². The van der Waals surface area contributed by atoms with Crippen LogP contribution >= 0.6 is 0 Å². The zero-order chi connectivity index (χ0) is 15.2. The number of carbonyl (C=O) groups is 1. The molecule has 3 rings (SSSR count). The first-order chi connectivity index (χ1) is 10.8. The number of amides is 1. The topological polar surface area (TPSA) is 51.2 Å². The van der Waals surface area contributed by atoms with Crippen molar-refractivity contribution < 1.29 is 9.53 Å². The molecule has 4 heteroatoms. The van der Waals surface area contributed by atoms with Crippen molar-refractivity contribution in [1.29, 1.82) is 0 Å². The Morgan fingerprint density at radius 1 is 1.14 bits per heavy atom. The van der Waals surface area contributed by atoms with Gasteiger partial charge in [0, 0.05) is 24.2 Å². The van der Waals surface area contributed by atoms with E-state index in [9.17, 15) is 4.79 Å². The molecule has 120 valence electrons. The molecule has 2 atom stereocenters. The molecule has 0 spiro atoms. The van der Waals surface area contributed by atoms with Crippen LogP contribution in [0.1, 0.15) is 44.1 Å². The lowest BCUT2D eigenvalue weighted by atomic mass is 9.93. The summed E-state index contributed by atoms with van der Waals surface area (Å²) in [6.45, 7) is 1.38. The van der Waals surface area contributed by atoms with Crippen LogP contribution in [0.3, 0.4) is 0 Å². The maximum Gasteiger partial charge on any atom is 0.223 e. The van der Waals surface area contributed by atoms with E-state index in [0.29, 0.717) is 12.5 Å². The first-order valence-electron chi connectivity index (χ1n) is 8.60. The Labute approximate surface area is 132 Å². The first kappa shape index (κ1) is 15.5. The number of nitrogens with zero attached hydrogens (tertiary/aromatic N) is 1. The number of rotatable bonds is 4. The van der Waals surface area contributed by atoms with Crippen molar-refractivity contribution in [3.8, 4) is 0 Å². The van der Waals surface area contributed by atoms with Gasteiger partial charge < -0.3 is 10.1 Å². The van der Waals surface area contributed by atoms with Crippen molar-refractivity contribution >= 4 is 5.91 Å². The molecule has 1 saturated carbocycles. The number of nitrogens with one attached hydrogen (secondary N) is 1. The van der Waals surface area contributed by atoms with Crippen LogP contribution in [0.25, 0.3) is 0 Å². The predicted molar refractivity (Wildman–Crippen MR) is 85.4 cm³/mol. The number of carbonyl (C=O) groups excluding carboxylic acids is 1. The summed E-state index contributed by atoms with van der Waals surface area (Å²) in [5.41, 5.74) is 1.26. The quantitative estimate of drug-likeness (QED) is 0.870. The van der Waals surface area contributed by atoms with Gasteiger partial charge in [-0.15, -0.1) is 0 Å². The molecule has 1 amide bonds. The van der Waals surface area contributed by atoms with E-state index in [1.165, 1.54) is 31.2 Å². The van der Waals surface area contributed by atoms with Gasteiger partial charge in [0.05, 0.1) is 19.3 Å². The molecule has 1 aromatic heterocycles. The Morgan fingerprint density at radius 2 is 1.86 bits per heavy atom. The number of aromatic nitrogens is 1. The number of ether oxygens (including phenoxy) is 1. The first-order valence-corrected chi connectivity index (χ1v) is 8.60. The standard InChI is InChI=1S/C18H26N2O2/c21-18(15-5-3-1-2-4-6-15)20-17-13-22-12-16(17)11-14-7-9-19-10-8-14/h7-10,15-17H,1-6,11-13H2,(H,20,21)/t16-,17-/m1/s1. The summed E-state index contributed by atoms with van der Waals surface area (Å²) in [4.78, 5) is 16.6. The molecular weight excluding hydrogens is 276 g/mol. The van der Waals surface area contributed by atoms with Crippen molar-refractivity contribution in [1.82, 2.24) is 10.3 Å². The molecule has 4 nitrogen and oxygen atoms in total. The Kier molecular flexibility index (Phi) is 5.43. The van der Waals surface area contributed by atoms with Gasteiger partial charge in [-0.05, 0) is 37.0 Å². The van der Waals surface area contributed by atoms with E-state index >= 15 is 0 Å². The molecule has 0 bridgehead atoms. The second-order valence-corrected chi connectivity index (χ2v) is 6.66. The molecule has 0 aromatic carbocycles. The Morgan fingerprint density at radius 3 is 2.59 bits per heavy atom. The number of pyridine rings is 1. The van der Waals surface area contributed by atoms with Crippen molar-refractivity contribution in [3.05, 3.63) is 30.1 Å². The Hall–Kier alpha value is -1.42. The smallest absolute Gasteiger partial charge is 0.223 e. The van der Waals surface area contributed by atoms with Crippen molar-refractivity contribution in [2.24, 2.45) is 11.8 Å². The van der Waals surface area contributed by atoms with Crippen LogP contribution in [0, 0.1) is 11.8 Å². The van der Waals surface area contributed by atoms with Crippen LogP contribution in [0.15, 0.2) is 24.5 Å². The van der Waals surface area contributed by atoms with Gasteiger partial charge in [-0.25, -0.2) is 0 Å². The van der Waals surface area contributed by atoms with Gasteiger partial charge in [-0.1, -0.05) is 25.7 Å². The molecule has 1 N–H and O–H groups in total. The molecule has 2 fully saturated rings. The van der Waals surface area contributed by atoms with E-state index in [1.807, 2.05) is 24.5 Å². The maximum atomic E-state index is 12.5. The highest BCUT2D eigenvalue weighted by Gasteiger charge is 2.31. The molecule has 0 unspecified atom stereocenters. The Balaban J connectivity index is 1.55. The van der Waals surface area contributed by atoms with Crippen LogP contribution in [0.4, 0.5) is 0 Å². The van der Waals surface area contributed by atoms with Gasteiger partial charge in [0.1, 0.15) is 0 Å². The summed E-state index contributed by atoms with van der Waals surface area (Å²) < 4.78 is 5.62. The van der Waals surface area contributed by atoms with Crippen molar-refractivity contribution in [2.75, 3.05) is 13.2 Å². The number of hydrogen-bond donors (Lipinski definition) is 1. The molecule has 0 radical (unpaired) electrons. The van der Waals surface area contributed by atoms with Gasteiger partial charge >= 0.3 is 0 Å². The Bertz CT molecular complexity index is 469. The van der Waals surface area contributed by atoms with Crippen LogP contribution < -0.4 is 5.32 Å². The van der Waals surface area contributed by atoms with Gasteiger partial charge in [0.2, 0.25) is 5.91 Å². The molecule has 1 aromatic rings. The third-order valence-corrected chi connectivity index (χ3v) is 5.00. The van der Waals surface area contributed by atoms with Crippen molar-refractivity contribution in [3.63, 3.8) is 0 Å². The monoisotopic (exact) mass is 302 g/mol. The highest BCUT2D eigenvalue weighted by molar-refractivity contribution is 5.79. The summed E-state index contributed by atoms with van der Waals surface area (Å²) in [6, 6.07) is 4.24. The molecular formula is C18H26N2O2. The largest absolute Gasteiger partial charge is 0.379 e. The fourth-order valence-corrected chi connectivity index (χ4v) is 3.62. The van der Waals surface area contributed by atoms with E-state index in [1.54, 1.807) is 0 Å². The van der Waals surface area contributed by atoms with Gasteiger partial charge in [-0.3, -0.25) is 9.78 Å². The fourth-order valence-electron chi connectivity index (χ4n) is 3.62. The summed E-state index contributed by atoms with van der Waals surface area (Å²) in [5, 5.41) is 3.27. The van der Waals surface area contributed by atoms with Crippen LogP contribution in [-0.2, 0) is 16.0 Å². The molecule has 1 aliphatic heterocycles. The van der Waals surface area contributed by atoms with Crippen LogP contribution in [-0.4, -0.2) is 30.1 Å². The van der Waals surface area contributed by atoms with E-state index in [4.69, 9.17) is 4.74 Å². The molecule has 1 saturated heterocycles. The third kappa shape index (κ3) is 4.07. The lowest BCUT2D eigenvalue weighted by Gasteiger charge is -2.22. The zero-order valence-electron chi connectivity index (χ0n) is 13.2. The highest BCUT2D eigenvalue weighted by Crippen LogP contribution is 2.24. The average Bonchev–Trinajstić information content (AvgIpc) is 2.80. The minimum Gasteiger partial charge on any atom is -0.379 e. The van der Waals surface area contributed by atoms with Gasteiger partial charge in [-0.2, -0.15) is 0 Å². The second kappa shape index (κ2) is 7.73. The summed E-state index contributed by atoms with van der Waals surface area (Å²) >= 11 is 0. The van der Waals surface area contributed by atoms with Crippen molar-refractivity contribution in [2.45, 2.75) is 51.0 Å². The SMILES string of the molecule is O=C(N[C@@H]1COC[C@H]1Cc1ccncc1)C1CCCCCC1. The minimum absolute atomic E-state index is 0.156. The minimum atomic E-state index is 0.156. The van der Waals surface area contributed by atoms with Crippen LogP contribution in [0.5, 0.6) is 0 Å². The van der Waals surface area contributed by atoms with Crippen LogP contribution in [0.2, 0.25) is 0 Å². The lowest BCUT2D eigenvalue weighted by molar-refractivity contribution is -0.126. The average molecular weight is 302 g/mol. The maximum absolute atomic E-state index is 12.5. The molecule has 22 heavy (non-hydrogen) atoms. The van der Waals surface area contributed by atoms with Gasteiger partial charge in [0.15, 0.2) is 0 Å². The third-order valence-electron chi connectivity index (χ3n) is 5.00. The van der Waals surface area contributed by atoms with E-state index in [0.717, 1.165) is 25.9 Å². The zero-order valence-corrected chi connectivity index (χ0v) is 13.2. The lowest BCUT2D eigenvalue weighted by Crippen LogP contribution is -2.43. The fraction of sp³-hybridized carbons (Fsp3) is 0.667. The second-order valence-electron chi connectivity index (χ2n) is 6.66.